The fourth-order valence-electron chi connectivity index (χ4n) is 4.04. The summed E-state index contributed by atoms with van der Waals surface area (Å²) in [5.74, 6) is -0.930. The van der Waals surface area contributed by atoms with Gasteiger partial charge in [-0.15, -0.1) is 0 Å². The molecule has 0 aliphatic rings. The lowest BCUT2D eigenvalue weighted by Crippen LogP contribution is -2.39. The van der Waals surface area contributed by atoms with Crippen LogP contribution in [0.25, 0.3) is 0 Å². The Bertz CT molecular complexity index is 1330. The molecule has 0 fully saturated rings. The molecular formula is C29H45N7O8. The highest BCUT2D eigenvalue weighted by Gasteiger charge is 2.23. The number of hydrogen-bond donors (Lipinski definition) is 3. The molecule has 0 aliphatic heterocycles. The van der Waals surface area contributed by atoms with E-state index in [1.807, 2.05) is 0 Å². The van der Waals surface area contributed by atoms with Crippen LogP contribution in [0.2, 0.25) is 0 Å². The Morgan fingerprint density at radius 3 is 1.98 bits per heavy atom. The van der Waals surface area contributed by atoms with Gasteiger partial charge < -0.3 is 39.5 Å². The van der Waals surface area contributed by atoms with Crippen molar-refractivity contribution in [2.75, 3.05) is 31.5 Å². The molecule has 0 unspecified atom stereocenters. The van der Waals surface area contributed by atoms with Crippen LogP contribution < -0.4 is 16.0 Å². The lowest BCUT2D eigenvalue weighted by molar-refractivity contribution is -0.384. The van der Waals surface area contributed by atoms with Gasteiger partial charge >= 0.3 is 12.2 Å². The van der Waals surface area contributed by atoms with E-state index in [-0.39, 0.29) is 23.8 Å². The van der Waals surface area contributed by atoms with Crippen LogP contribution in [-0.4, -0.2) is 80.3 Å². The number of unbranched alkanes of at least 4 members (excludes halogenated alkanes) is 1. The monoisotopic (exact) mass is 619 g/mol. The molecule has 0 spiro atoms. The smallest absolute Gasteiger partial charge is 0.410 e. The second kappa shape index (κ2) is 15.3. The van der Waals surface area contributed by atoms with E-state index in [0.29, 0.717) is 50.3 Å². The summed E-state index contributed by atoms with van der Waals surface area (Å²) in [6, 6.07) is 2.68. The van der Waals surface area contributed by atoms with E-state index >= 15 is 0 Å². The largest absolute Gasteiger partial charge is 0.444 e. The van der Waals surface area contributed by atoms with Crippen LogP contribution in [0.4, 0.5) is 21.0 Å². The second-order valence-corrected chi connectivity index (χ2v) is 12.3. The van der Waals surface area contributed by atoms with Gasteiger partial charge in [0.05, 0.1) is 16.8 Å². The fraction of sp³-hybridized carbons (Fsp3) is 0.586. The van der Waals surface area contributed by atoms with Gasteiger partial charge in [-0.25, -0.2) is 9.59 Å². The molecule has 0 saturated carbocycles. The highest BCUT2D eigenvalue weighted by Crippen LogP contribution is 2.19. The first kappa shape index (κ1) is 35.6. The van der Waals surface area contributed by atoms with E-state index in [1.54, 1.807) is 64.3 Å². The maximum atomic E-state index is 12.8. The summed E-state index contributed by atoms with van der Waals surface area (Å²) < 4.78 is 13.7. The molecule has 2 heterocycles. The summed E-state index contributed by atoms with van der Waals surface area (Å²) in [6.07, 6.45) is 3.56. The van der Waals surface area contributed by atoms with Crippen LogP contribution in [-0.2, 0) is 23.6 Å². The number of alkyl carbamates (subject to hydrolysis) is 1. The summed E-state index contributed by atoms with van der Waals surface area (Å²) in [4.78, 5) is 62.1. The summed E-state index contributed by atoms with van der Waals surface area (Å²) in [5.41, 5.74) is -0.716. The zero-order valence-electron chi connectivity index (χ0n) is 26.8. The molecule has 15 heteroatoms. The van der Waals surface area contributed by atoms with Gasteiger partial charge in [0.2, 0.25) is 0 Å². The van der Waals surface area contributed by atoms with Crippen molar-refractivity contribution < 1.29 is 33.6 Å². The lowest BCUT2D eigenvalue weighted by atomic mass is 10.2. The number of aryl methyl sites for hydroxylation is 2. The predicted octanol–water partition coefficient (Wildman–Crippen LogP) is 4.19. The van der Waals surface area contributed by atoms with Crippen LogP contribution in [0.1, 0.15) is 81.8 Å². The Balaban J connectivity index is 1.88. The first-order valence-electron chi connectivity index (χ1n) is 14.4. The number of anilines is 1. The second-order valence-electron chi connectivity index (χ2n) is 12.3. The van der Waals surface area contributed by atoms with E-state index in [1.165, 1.54) is 29.9 Å². The third-order valence-electron chi connectivity index (χ3n) is 5.99. The normalized spacial score (nSPS) is 11.5. The number of carbonyl (C=O) groups excluding carboxylic acids is 4. The zero-order chi connectivity index (χ0) is 33.2. The van der Waals surface area contributed by atoms with Crippen molar-refractivity contribution in [3.63, 3.8) is 0 Å². The van der Waals surface area contributed by atoms with E-state index in [2.05, 4.69) is 16.0 Å². The Hall–Kier alpha value is -4.56. The Kier molecular flexibility index (Phi) is 12.4. The first-order chi connectivity index (χ1) is 20.4. The van der Waals surface area contributed by atoms with E-state index in [9.17, 15) is 29.3 Å². The number of ether oxygens (including phenoxy) is 2. The first-order valence-corrected chi connectivity index (χ1v) is 14.4. The molecule has 15 nitrogen and oxygen atoms in total. The quantitative estimate of drug-likeness (QED) is 0.170. The fourth-order valence-corrected chi connectivity index (χ4v) is 4.04. The molecule has 0 aliphatic carbocycles. The molecule has 244 valence electrons. The van der Waals surface area contributed by atoms with Crippen LogP contribution in [0.3, 0.4) is 0 Å². The molecule has 2 aromatic heterocycles. The average molecular weight is 620 g/mol. The predicted molar refractivity (Wildman–Crippen MR) is 164 cm³/mol. The number of aromatic nitrogens is 2. The number of rotatable bonds is 13. The highest BCUT2D eigenvalue weighted by molar-refractivity contribution is 6.04. The topological polar surface area (TPSA) is 179 Å². The summed E-state index contributed by atoms with van der Waals surface area (Å²) in [6.45, 7) is 12.1. The molecule has 44 heavy (non-hydrogen) atoms. The van der Waals surface area contributed by atoms with Crippen molar-refractivity contribution in [3.8, 4) is 0 Å². The summed E-state index contributed by atoms with van der Waals surface area (Å²) >= 11 is 0. The molecule has 2 aromatic rings. The van der Waals surface area contributed by atoms with Crippen molar-refractivity contribution in [1.29, 1.82) is 0 Å². The molecular weight excluding hydrogens is 574 g/mol. The SMILES string of the molecule is Cn1cc(NC(=O)c2cc([N+](=O)[O-])cn2C)cc1C(=O)NCCCN(CCCCNC(=O)OC(C)(C)C)C(=O)OC(C)(C)C. The van der Waals surface area contributed by atoms with Crippen LogP contribution in [0.5, 0.6) is 0 Å². The van der Waals surface area contributed by atoms with Crippen LogP contribution in [0.15, 0.2) is 24.5 Å². The summed E-state index contributed by atoms with van der Waals surface area (Å²) in [7, 11) is 3.18. The molecule has 0 aromatic carbocycles. The minimum absolute atomic E-state index is 0.0976. The molecule has 0 atom stereocenters. The van der Waals surface area contributed by atoms with Gasteiger partial charge in [0.25, 0.3) is 17.5 Å². The standard InChI is InChI=1S/C29H45N7O8/c1-28(2,3)43-26(39)31-12-9-10-14-35(27(40)44-29(4,5)6)15-11-13-30-24(37)22-16-20(18-33(22)7)32-25(38)23-17-21(36(41)42)19-34(23)8/h16-19H,9-15H2,1-8H3,(H,30,37)(H,31,39)(H,32,38). The lowest BCUT2D eigenvalue weighted by Gasteiger charge is -2.27. The van der Waals surface area contributed by atoms with E-state index in [4.69, 9.17) is 9.47 Å². The van der Waals surface area contributed by atoms with E-state index in [0.717, 1.165) is 0 Å². The van der Waals surface area contributed by atoms with Crippen molar-refractivity contribution in [3.05, 3.63) is 46.0 Å². The third kappa shape index (κ3) is 12.0. The molecule has 0 saturated heterocycles. The van der Waals surface area contributed by atoms with Crippen LogP contribution >= 0.6 is 0 Å². The van der Waals surface area contributed by atoms with Gasteiger partial charge in [-0.2, -0.15) is 0 Å². The van der Waals surface area contributed by atoms with Gasteiger partial charge in [0, 0.05) is 52.5 Å². The van der Waals surface area contributed by atoms with Crippen LogP contribution in [0, 0.1) is 10.1 Å². The molecule has 0 bridgehead atoms. The Morgan fingerprint density at radius 2 is 1.39 bits per heavy atom. The van der Waals surface area contributed by atoms with Gasteiger partial charge in [-0.05, 0) is 66.9 Å². The number of nitrogens with one attached hydrogen (secondary N) is 3. The van der Waals surface area contributed by atoms with Gasteiger partial charge in [-0.3, -0.25) is 19.7 Å². The van der Waals surface area contributed by atoms with E-state index < -0.39 is 34.2 Å². The van der Waals surface area contributed by atoms with Crippen molar-refractivity contribution in [2.45, 2.75) is 72.0 Å². The maximum absolute atomic E-state index is 12.8. The van der Waals surface area contributed by atoms with Crippen molar-refractivity contribution >= 4 is 35.4 Å². The van der Waals surface area contributed by atoms with Crippen molar-refractivity contribution in [1.82, 2.24) is 24.7 Å². The number of carbonyl (C=O) groups is 4. The molecule has 2 rings (SSSR count). The number of nitro groups is 1. The minimum atomic E-state index is -0.670. The zero-order valence-corrected chi connectivity index (χ0v) is 26.8. The molecule has 0 radical (unpaired) electrons. The molecule has 4 amide bonds. The summed E-state index contributed by atoms with van der Waals surface area (Å²) in [5, 5.41) is 19.2. The third-order valence-corrected chi connectivity index (χ3v) is 5.99. The number of amides is 4. The van der Waals surface area contributed by atoms with Gasteiger partial charge in [0.1, 0.15) is 22.6 Å². The van der Waals surface area contributed by atoms with Crippen molar-refractivity contribution in [2.24, 2.45) is 14.1 Å². The van der Waals surface area contributed by atoms with Gasteiger partial charge in [-0.1, -0.05) is 0 Å². The number of nitrogens with zero attached hydrogens (tertiary/aromatic N) is 4. The number of hydrogen-bond acceptors (Lipinski definition) is 8. The highest BCUT2D eigenvalue weighted by atomic mass is 16.6. The minimum Gasteiger partial charge on any atom is -0.444 e. The average Bonchev–Trinajstić information content (AvgIpc) is 3.44. The Morgan fingerprint density at radius 1 is 0.818 bits per heavy atom. The maximum Gasteiger partial charge on any atom is 0.410 e. The Labute approximate surface area is 257 Å². The molecule has 3 N–H and O–H groups in total. The van der Waals surface area contributed by atoms with Gasteiger partial charge in [0.15, 0.2) is 0 Å².